The van der Waals surface area contributed by atoms with Crippen LogP contribution in [-0.2, 0) is 4.74 Å². The summed E-state index contributed by atoms with van der Waals surface area (Å²) < 4.78 is 5.41. The first-order chi connectivity index (χ1) is 5.79. The number of hydrogen-bond donors (Lipinski definition) is 2. The standard InChI is InChI=1S/C7H12N2O3/c10-7(11)9-1-2-12-6-4-8-3-5(6)9/h5-6,8H,1-4H2,(H,10,11)/t5-,6-/m1/s1. The summed E-state index contributed by atoms with van der Waals surface area (Å²) >= 11 is 0. The molecule has 0 aromatic carbocycles. The van der Waals surface area contributed by atoms with Gasteiger partial charge in [-0.25, -0.2) is 4.79 Å². The average Bonchev–Trinajstić information content (AvgIpc) is 2.49. The van der Waals surface area contributed by atoms with Crippen molar-refractivity contribution < 1.29 is 14.6 Å². The van der Waals surface area contributed by atoms with Gasteiger partial charge in [0.25, 0.3) is 0 Å². The maximum absolute atomic E-state index is 10.7. The van der Waals surface area contributed by atoms with E-state index in [-0.39, 0.29) is 12.1 Å². The zero-order valence-electron chi connectivity index (χ0n) is 6.69. The Bertz CT molecular complexity index is 197. The second kappa shape index (κ2) is 2.91. The van der Waals surface area contributed by atoms with E-state index in [0.29, 0.717) is 13.2 Å². The predicted molar refractivity (Wildman–Crippen MR) is 41.1 cm³/mol. The molecule has 68 valence electrons. The van der Waals surface area contributed by atoms with Gasteiger partial charge in [-0.2, -0.15) is 0 Å². The molecule has 2 fully saturated rings. The summed E-state index contributed by atoms with van der Waals surface area (Å²) in [5.41, 5.74) is 0. The lowest BCUT2D eigenvalue weighted by Crippen LogP contribution is -2.52. The third-order valence-corrected chi connectivity index (χ3v) is 2.44. The van der Waals surface area contributed by atoms with Gasteiger partial charge in [-0.3, -0.25) is 4.90 Å². The molecule has 0 aromatic rings. The predicted octanol–water partition coefficient (Wildman–Crippen LogP) is -0.663. The van der Waals surface area contributed by atoms with Crippen molar-refractivity contribution in [2.45, 2.75) is 12.1 Å². The van der Waals surface area contributed by atoms with Gasteiger partial charge in [-0.15, -0.1) is 0 Å². The van der Waals surface area contributed by atoms with Crippen LogP contribution in [0.1, 0.15) is 0 Å². The van der Waals surface area contributed by atoms with E-state index in [1.807, 2.05) is 0 Å². The van der Waals surface area contributed by atoms with E-state index >= 15 is 0 Å². The molecule has 0 aliphatic carbocycles. The van der Waals surface area contributed by atoms with Crippen LogP contribution in [0.3, 0.4) is 0 Å². The first-order valence-corrected chi connectivity index (χ1v) is 4.11. The summed E-state index contributed by atoms with van der Waals surface area (Å²) in [6.07, 6.45) is -0.771. The molecule has 2 N–H and O–H groups in total. The number of hydrogen-bond acceptors (Lipinski definition) is 3. The topological polar surface area (TPSA) is 61.8 Å². The molecule has 0 unspecified atom stereocenters. The molecule has 0 saturated carbocycles. The fraction of sp³-hybridized carbons (Fsp3) is 0.857. The molecule has 5 nitrogen and oxygen atoms in total. The lowest BCUT2D eigenvalue weighted by Gasteiger charge is -2.34. The van der Waals surface area contributed by atoms with Crippen LogP contribution in [0.25, 0.3) is 0 Å². The molecule has 0 aromatic heterocycles. The monoisotopic (exact) mass is 172 g/mol. The molecule has 2 rings (SSSR count). The molecule has 0 spiro atoms. The number of fused-ring (bicyclic) bond motifs is 1. The molecule has 2 aliphatic heterocycles. The summed E-state index contributed by atoms with van der Waals surface area (Å²) in [7, 11) is 0. The first-order valence-electron chi connectivity index (χ1n) is 4.11. The van der Waals surface area contributed by atoms with Crippen LogP contribution in [0.2, 0.25) is 0 Å². The number of carbonyl (C=O) groups is 1. The van der Waals surface area contributed by atoms with Crippen molar-refractivity contribution >= 4 is 6.09 Å². The minimum Gasteiger partial charge on any atom is -0.465 e. The Balaban J connectivity index is 2.08. The highest BCUT2D eigenvalue weighted by atomic mass is 16.5. The Hall–Kier alpha value is -0.810. The molecule has 12 heavy (non-hydrogen) atoms. The van der Waals surface area contributed by atoms with Gasteiger partial charge in [0, 0.05) is 19.6 Å². The quantitative estimate of drug-likeness (QED) is 0.509. The molecular weight excluding hydrogens is 160 g/mol. The zero-order chi connectivity index (χ0) is 8.55. The first kappa shape index (κ1) is 7.82. The number of morpholine rings is 1. The van der Waals surface area contributed by atoms with Crippen LogP contribution in [-0.4, -0.2) is 54.5 Å². The zero-order valence-corrected chi connectivity index (χ0v) is 6.69. The van der Waals surface area contributed by atoms with Crippen molar-refractivity contribution in [1.82, 2.24) is 10.2 Å². The van der Waals surface area contributed by atoms with Crippen LogP contribution in [0.4, 0.5) is 4.79 Å². The van der Waals surface area contributed by atoms with Crippen molar-refractivity contribution in [2.24, 2.45) is 0 Å². The fourth-order valence-electron chi connectivity index (χ4n) is 1.83. The summed E-state index contributed by atoms with van der Waals surface area (Å²) in [4.78, 5) is 12.2. The third kappa shape index (κ3) is 1.15. The van der Waals surface area contributed by atoms with E-state index in [1.165, 1.54) is 4.90 Å². The van der Waals surface area contributed by atoms with Crippen LogP contribution >= 0.6 is 0 Å². The van der Waals surface area contributed by atoms with E-state index in [1.54, 1.807) is 0 Å². The molecule has 2 atom stereocenters. The van der Waals surface area contributed by atoms with Gasteiger partial charge in [-0.1, -0.05) is 0 Å². The average molecular weight is 172 g/mol. The molecular formula is C7H12N2O3. The highest BCUT2D eigenvalue weighted by Crippen LogP contribution is 2.17. The molecule has 2 aliphatic rings. The van der Waals surface area contributed by atoms with Gasteiger partial charge in [0.05, 0.1) is 18.8 Å². The van der Waals surface area contributed by atoms with Gasteiger partial charge < -0.3 is 15.2 Å². The normalized spacial score (nSPS) is 34.8. The Labute approximate surface area is 70.3 Å². The van der Waals surface area contributed by atoms with Crippen molar-refractivity contribution in [1.29, 1.82) is 0 Å². The van der Waals surface area contributed by atoms with Crippen molar-refractivity contribution in [3.63, 3.8) is 0 Å². The Morgan fingerprint density at radius 2 is 2.42 bits per heavy atom. The van der Waals surface area contributed by atoms with Crippen LogP contribution in [0.5, 0.6) is 0 Å². The maximum atomic E-state index is 10.7. The van der Waals surface area contributed by atoms with Crippen molar-refractivity contribution in [3.8, 4) is 0 Å². The molecule has 5 heteroatoms. The van der Waals surface area contributed by atoms with Gasteiger partial charge in [0.15, 0.2) is 0 Å². The minimum absolute atomic E-state index is 0.0243. The van der Waals surface area contributed by atoms with Crippen molar-refractivity contribution in [2.75, 3.05) is 26.2 Å². The Kier molecular flexibility index (Phi) is 1.90. The lowest BCUT2D eigenvalue weighted by atomic mass is 10.1. The van der Waals surface area contributed by atoms with Crippen LogP contribution < -0.4 is 5.32 Å². The smallest absolute Gasteiger partial charge is 0.407 e. The van der Waals surface area contributed by atoms with Crippen LogP contribution in [0, 0.1) is 0 Å². The summed E-state index contributed by atoms with van der Waals surface area (Å²) in [5, 5.41) is 11.9. The van der Waals surface area contributed by atoms with Gasteiger partial charge >= 0.3 is 6.09 Å². The minimum atomic E-state index is -0.836. The molecule has 0 radical (unpaired) electrons. The number of nitrogens with zero attached hydrogens (tertiary/aromatic N) is 1. The maximum Gasteiger partial charge on any atom is 0.407 e. The molecule has 0 bridgehead atoms. The number of rotatable bonds is 0. The van der Waals surface area contributed by atoms with Gasteiger partial charge in [-0.05, 0) is 0 Å². The molecule has 2 saturated heterocycles. The number of ether oxygens (including phenoxy) is 1. The third-order valence-electron chi connectivity index (χ3n) is 2.44. The Morgan fingerprint density at radius 3 is 3.17 bits per heavy atom. The van der Waals surface area contributed by atoms with Gasteiger partial charge in [0.2, 0.25) is 0 Å². The Morgan fingerprint density at radius 1 is 1.58 bits per heavy atom. The molecule has 2 heterocycles. The summed E-state index contributed by atoms with van der Waals surface area (Å²) in [5.74, 6) is 0. The van der Waals surface area contributed by atoms with E-state index in [4.69, 9.17) is 9.84 Å². The summed E-state index contributed by atoms with van der Waals surface area (Å²) in [6, 6.07) is 0.0243. The largest absolute Gasteiger partial charge is 0.465 e. The van der Waals surface area contributed by atoms with E-state index in [0.717, 1.165) is 13.1 Å². The van der Waals surface area contributed by atoms with E-state index in [9.17, 15) is 4.79 Å². The highest BCUT2D eigenvalue weighted by molar-refractivity contribution is 5.65. The molecule has 1 amide bonds. The summed E-state index contributed by atoms with van der Waals surface area (Å²) in [6.45, 7) is 2.51. The second-order valence-corrected chi connectivity index (χ2v) is 3.11. The number of nitrogens with one attached hydrogen (secondary N) is 1. The SMILES string of the molecule is O=C(O)N1CCO[C@@H]2CNC[C@H]21. The van der Waals surface area contributed by atoms with Gasteiger partial charge in [0.1, 0.15) is 0 Å². The van der Waals surface area contributed by atoms with E-state index in [2.05, 4.69) is 5.32 Å². The number of carboxylic acid groups (broad SMARTS) is 1. The van der Waals surface area contributed by atoms with Crippen LogP contribution in [0.15, 0.2) is 0 Å². The highest BCUT2D eigenvalue weighted by Gasteiger charge is 2.38. The second-order valence-electron chi connectivity index (χ2n) is 3.11. The lowest BCUT2D eigenvalue weighted by molar-refractivity contribution is -0.0377. The number of amides is 1. The van der Waals surface area contributed by atoms with E-state index < -0.39 is 6.09 Å². The fourth-order valence-corrected chi connectivity index (χ4v) is 1.83. The van der Waals surface area contributed by atoms with Crippen molar-refractivity contribution in [3.05, 3.63) is 0 Å².